The molecule has 0 saturated carbocycles. The Labute approximate surface area is 90.7 Å². The second-order valence-electron chi connectivity index (χ2n) is 4.06. The van der Waals surface area contributed by atoms with Crippen LogP contribution in [0.3, 0.4) is 0 Å². The lowest BCUT2D eigenvalue weighted by molar-refractivity contribution is 0.0398. The maximum atomic E-state index is 9.50. The molecule has 0 spiro atoms. The number of hydrazine groups is 1. The molecular formula is C12H18N2O. The van der Waals surface area contributed by atoms with Crippen molar-refractivity contribution in [1.82, 2.24) is 10.4 Å². The summed E-state index contributed by atoms with van der Waals surface area (Å²) in [5, 5.41) is 11.6. The van der Waals surface area contributed by atoms with Crippen LogP contribution in [0.4, 0.5) is 0 Å². The molecule has 1 aliphatic rings. The van der Waals surface area contributed by atoms with Gasteiger partial charge in [-0.2, -0.15) is 0 Å². The number of hydrogen-bond donors (Lipinski definition) is 2. The molecule has 0 radical (unpaired) electrons. The molecule has 82 valence electrons. The molecule has 1 heterocycles. The van der Waals surface area contributed by atoms with Crippen LogP contribution in [0.25, 0.3) is 0 Å². The summed E-state index contributed by atoms with van der Waals surface area (Å²) in [6.45, 7) is 2.62. The smallest absolute Gasteiger partial charge is 0.0681 e. The van der Waals surface area contributed by atoms with Gasteiger partial charge in [-0.3, -0.25) is 5.43 Å². The van der Waals surface area contributed by atoms with Crippen LogP contribution in [0.15, 0.2) is 30.3 Å². The second kappa shape index (κ2) is 5.26. The minimum absolute atomic E-state index is 0.165. The van der Waals surface area contributed by atoms with E-state index in [-0.39, 0.29) is 6.10 Å². The number of aliphatic hydroxyl groups excluding tert-OH is 1. The molecule has 0 bridgehead atoms. The molecule has 3 nitrogen and oxygen atoms in total. The Kier molecular flexibility index (Phi) is 3.72. The van der Waals surface area contributed by atoms with E-state index in [9.17, 15) is 5.11 Å². The molecule has 1 aliphatic heterocycles. The summed E-state index contributed by atoms with van der Waals surface area (Å²) >= 11 is 0. The van der Waals surface area contributed by atoms with Crippen molar-refractivity contribution < 1.29 is 5.11 Å². The lowest BCUT2D eigenvalue weighted by atomic mass is 10.1. The van der Waals surface area contributed by atoms with Gasteiger partial charge in [0.2, 0.25) is 0 Å². The highest BCUT2D eigenvalue weighted by molar-refractivity contribution is 5.14. The van der Waals surface area contributed by atoms with Crippen molar-refractivity contribution in [2.24, 2.45) is 0 Å². The van der Waals surface area contributed by atoms with Gasteiger partial charge in [0.15, 0.2) is 0 Å². The summed E-state index contributed by atoms with van der Waals surface area (Å²) in [4.78, 5) is 0. The predicted octanol–water partition coefficient (Wildman–Crippen LogP) is 1.15. The monoisotopic (exact) mass is 206 g/mol. The van der Waals surface area contributed by atoms with E-state index in [1.54, 1.807) is 0 Å². The number of rotatable bonds is 3. The van der Waals surface area contributed by atoms with E-state index in [4.69, 9.17) is 0 Å². The number of hydrogen-bond acceptors (Lipinski definition) is 3. The van der Waals surface area contributed by atoms with Crippen LogP contribution >= 0.6 is 0 Å². The van der Waals surface area contributed by atoms with Crippen molar-refractivity contribution in [3.05, 3.63) is 35.9 Å². The molecule has 2 N–H and O–H groups in total. The normalized spacial score (nSPS) is 22.9. The van der Waals surface area contributed by atoms with Gasteiger partial charge in [-0.05, 0) is 18.4 Å². The van der Waals surface area contributed by atoms with Gasteiger partial charge >= 0.3 is 0 Å². The van der Waals surface area contributed by atoms with E-state index in [0.717, 1.165) is 32.5 Å². The number of aliphatic hydroxyl groups is 1. The number of nitrogens with zero attached hydrogens (tertiary/aromatic N) is 1. The first-order valence-electron chi connectivity index (χ1n) is 5.55. The molecule has 3 heteroatoms. The van der Waals surface area contributed by atoms with Crippen LogP contribution in [0, 0.1) is 0 Å². The summed E-state index contributed by atoms with van der Waals surface area (Å²) in [5.74, 6) is 0. The third kappa shape index (κ3) is 3.30. The molecule has 15 heavy (non-hydrogen) atoms. The summed E-state index contributed by atoms with van der Waals surface area (Å²) in [7, 11) is 0. The third-order valence-electron chi connectivity index (χ3n) is 2.75. The molecule has 1 saturated heterocycles. The summed E-state index contributed by atoms with van der Waals surface area (Å²) in [5.41, 5.74) is 4.62. The van der Waals surface area contributed by atoms with Crippen LogP contribution in [0.5, 0.6) is 0 Å². The standard InChI is InChI=1S/C12H18N2O/c15-12-7-4-8-14(10-12)13-9-11-5-2-1-3-6-11/h1-3,5-6,12-13,15H,4,7-10H2. The van der Waals surface area contributed by atoms with Crippen molar-refractivity contribution in [2.75, 3.05) is 13.1 Å². The summed E-state index contributed by atoms with van der Waals surface area (Å²) in [6.07, 6.45) is 1.84. The minimum Gasteiger partial charge on any atom is -0.392 e. The average molecular weight is 206 g/mol. The average Bonchev–Trinajstić information content (AvgIpc) is 2.28. The Morgan fingerprint density at radius 2 is 2.13 bits per heavy atom. The highest BCUT2D eigenvalue weighted by Gasteiger charge is 2.16. The highest BCUT2D eigenvalue weighted by Crippen LogP contribution is 2.08. The molecule has 1 atom stereocenters. The Bertz CT molecular complexity index is 289. The van der Waals surface area contributed by atoms with E-state index >= 15 is 0 Å². The molecule has 2 rings (SSSR count). The number of benzene rings is 1. The maximum Gasteiger partial charge on any atom is 0.0681 e. The summed E-state index contributed by atoms with van der Waals surface area (Å²) < 4.78 is 0. The van der Waals surface area contributed by atoms with Crippen molar-refractivity contribution in [3.63, 3.8) is 0 Å². The van der Waals surface area contributed by atoms with Gasteiger partial charge in [-0.15, -0.1) is 0 Å². The topological polar surface area (TPSA) is 35.5 Å². The minimum atomic E-state index is -0.165. The fourth-order valence-corrected chi connectivity index (χ4v) is 1.90. The number of nitrogens with one attached hydrogen (secondary N) is 1. The van der Waals surface area contributed by atoms with Gasteiger partial charge in [0, 0.05) is 19.6 Å². The van der Waals surface area contributed by atoms with Crippen LogP contribution in [-0.4, -0.2) is 29.3 Å². The molecule has 1 unspecified atom stereocenters. The van der Waals surface area contributed by atoms with Gasteiger partial charge in [0.05, 0.1) is 6.10 Å². The largest absolute Gasteiger partial charge is 0.392 e. The van der Waals surface area contributed by atoms with E-state index in [1.807, 2.05) is 18.2 Å². The maximum absolute atomic E-state index is 9.50. The van der Waals surface area contributed by atoms with Crippen molar-refractivity contribution in [3.8, 4) is 0 Å². The first-order chi connectivity index (χ1) is 7.34. The van der Waals surface area contributed by atoms with Gasteiger partial charge in [-0.25, -0.2) is 5.01 Å². The molecule has 1 fully saturated rings. The highest BCUT2D eigenvalue weighted by atomic mass is 16.3. The Balaban J connectivity index is 1.78. The van der Waals surface area contributed by atoms with E-state index in [2.05, 4.69) is 22.6 Å². The quantitative estimate of drug-likeness (QED) is 0.778. The Hall–Kier alpha value is -0.900. The number of piperidine rings is 1. The molecule has 0 aromatic heterocycles. The lowest BCUT2D eigenvalue weighted by Gasteiger charge is -2.30. The predicted molar refractivity (Wildman–Crippen MR) is 60.1 cm³/mol. The molecular weight excluding hydrogens is 188 g/mol. The van der Waals surface area contributed by atoms with Crippen molar-refractivity contribution in [1.29, 1.82) is 0 Å². The molecule has 1 aromatic rings. The fraction of sp³-hybridized carbons (Fsp3) is 0.500. The molecule has 0 amide bonds. The zero-order valence-corrected chi connectivity index (χ0v) is 8.89. The van der Waals surface area contributed by atoms with E-state index in [0.29, 0.717) is 0 Å². The van der Waals surface area contributed by atoms with Crippen LogP contribution < -0.4 is 5.43 Å². The lowest BCUT2D eigenvalue weighted by Crippen LogP contribution is -2.46. The van der Waals surface area contributed by atoms with Crippen LogP contribution in [0.2, 0.25) is 0 Å². The first kappa shape index (κ1) is 10.6. The van der Waals surface area contributed by atoms with Crippen molar-refractivity contribution in [2.45, 2.75) is 25.5 Å². The van der Waals surface area contributed by atoms with Gasteiger partial charge < -0.3 is 5.11 Å². The fourth-order valence-electron chi connectivity index (χ4n) is 1.90. The summed E-state index contributed by atoms with van der Waals surface area (Å²) in [6, 6.07) is 10.3. The number of β-amino-alcohol motifs (C(OH)–C–C–N with tert-alkyl or cyclic N) is 1. The van der Waals surface area contributed by atoms with Gasteiger partial charge in [0.1, 0.15) is 0 Å². The van der Waals surface area contributed by atoms with Crippen LogP contribution in [0.1, 0.15) is 18.4 Å². The first-order valence-corrected chi connectivity index (χ1v) is 5.55. The third-order valence-corrected chi connectivity index (χ3v) is 2.75. The molecule has 0 aliphatic carbocycles. The zero-order chi connectivity index (χ0) is 10.5. The van der Waals surface area contributed by atoms with Crippen LogP contribution in [-0.2, 0) is 6.54 Å². The molecule has 1 aromatic carbocycles. The second-order valence-corrected chi connectivity index (χ2v) is 4.06. The van der Waals surface area contributed by atoms with Gasteiger partial charge in [0.25, 0.3) is 0 Å². The SMILES string of the molecule is OC1CCCN(NCc2ccccc2)C1. The Morgan fingerprint density at radius 3 is 2.87 bits per heavy atom. The Morgan fingerprint density at radius 1 is 1.33 bits per heavy atom. The van der Waals surface area contributed by atoms with Crippen molar-refractivity contribution >= 4 is 0 Å². The zero-order valence-electron chi connectivity index (χ0n) is 8.89. The van der Waals surface area contributed by atoms with E-state index in [1.165, 1.54) is 5.56 Å². The van der Waals surface area contributed by atoms with E-state index < -0.39 is 0 Å². The van der Waals surface area contributed by atoms with Gasteiger partial charge in [-0.1, -0.05) is 30.3 Å².